The van der Waals surface area contributed by atoms with Gasteiger partial charge >= 0.3 is 5.97 Å². The average Bonchev–Trinajstić information content (AvgIpc) is 3.05. The molecule has 0 aliphatic carbocycles. The number of rotatable bonds is 5. The number of likely N-dealkylation sites (N-methyl/N-ethyl adjacent to an activating group) is 1. The van der Waals surface area contributed by atoms with Gasteiger partial charge in [-0.2, -0.15) is 0 Å². The second kappa shape index (κ2) is 7.16. The van der Waals surface area contributed by atoms with E-state index < -0.39 is 35.4 Å². The Labute approximate surface area is 134 Å². The highest BCUT2D eigenvalue weighted by Gasteiger charge is 2.31. The number of benzene rings is 1. The largest absolute Gasteiger partial charge is 0.467 e. The number of halogens is 3. The Bertz CT molecular complexity index is 726. The molecule has 0 unspecified atom stereocenters. The highest BCUT2D eigenvalue weighted by atomic mass is 19.2. The molecular formula is C15H13F3N2O4. The summed E-state index contributed by atoms with van der Waals surface area (Å²) >= 11 is 0. The van der Waals surface area contributed by atoms with Crippen molar-refractivity contribution in [1.82, 2.24) is 10.1 Å². The number of aromatic nitrogens is 1. The van der Waals surface area contributed by atoms with Gasteiger partial charge in [0.05, 0.1) is 19.2 Å². The molecule has 9 heteroatoms. The fraction of sp³-hybridized carbons (Fsp3) is 0.267. The summed E-state index contributed by atoms with van der Waals surface area (Å²) in [6.45, 7) is 0. The minimum atomic E-state index is -1.67. The van der Waals surface area contributed by atoms with Crippen molar-refractivity contribution in [3.63, 3.8) is 0 Å². The highest BCUT2D eigenvalue weighted by Crippen LogP contribution is 2.25. The van der Waals surface area contributed by atoms with Gasteiger partial charge in [0, 0.05) is 13.1 Å². The Morgan fingerprint density at radius 2 is 1.92 bits per heavy atom. The number of hydrogen-bond acceptors (Lipinski definition) is 5. The van der Waals surface area contributed by atoms with E-state index in [1.54, 1.807) is 0 Å². The van der Waals surface area contributed by atoms with Crippen molar-refractivity contribution in [3.05, 3.63) is 53.2 Å². The second-order valence-electron chi connectivity index (χ2n) is 4.90. The topological polar surface area (TPSA) is 72.6 Å². The Hall–Kier alpha value is -2.84. The zero-order valence-corrected chi connectivity index (χ0v) is 12.8. The molecule has 0 aliphatic heterocycles. The first-order valence-corrected chi connectivity index (χ1v) is 6.72. The van der Waals surface area contributed by atoms with Gasteiger partial charge in [0.15, 0.2) is 23.5 Å². The first-order chi connectivity index (χ1) is 11.3. The van der Waals surface area contributed by atoms with E-state index in [0.29, 0.717) is 17.8 Å². The number of amides is 1. The average molecular weight is 342 g/mol. The Morgan fingerprint density at radius 1 is 1.29 bits per heavy atom. The van der Waals surface area contributed by atoms with E-state index in [-0.39, 0.29) is 12.0 Å². The zero-order chi connectivity index (χ0) is 17.9. The third kappa shape index (κ3) is 3.55. The van der Waals surface area contributed by atoms with Gasteiger partial charge in [-0.15, -0.1) is 0 Å². The van der Waals surface area contributed by atoms with E-state index in [1.807, 2.05) is 0 Å². The molecule has 0 N–H and O–H groups in total. The summed E-state index contributed by atoms with van der Waals surface area (Å²) < 4.78 is 49.2. The standard InChI is InChI=1S/C15H13F3N2O4/c1-20(12(21)7-9-3-4-24-19-9)14(15(22)23-2)8-5-10(16)13(18)11(17)6-8/h3-6,14H,7H2,1-2H3/t14-/m1/s1. The molecule has 0 saturated heterocycles. The second-order valence-corrected chi connectivity index (χ2v) is 4.90. The molecule has 0 aliphatic rings. The van der Waals surface area contributed by atoms with E-state index in [1.165, 1.54) is 19.4 Å². The summed E-state index contributed by atoms with van der Waals surface area (Å²) in [4.78, 5) is 25.2. The van der Waals surface area contributed by atoms with Gasteiger partial charge in [-0.3, -0.25) is 4.79 Å². The summed E-state index contributed by atoms with van der Waals surface area (Å²) in [6, 6.07) is 1.29. The summed E-state index contributed by atoms with van der Waals surface area (Å²) in [5.41, 5.74) is 0.0567. The Kier molecular flexibility index (Phi) is 5.22. The monoisotopic (exact) mass is 342 g/mol. The first kappa shape index (κ1) is 17.5. The minimum Gasteiger partial charge on any atom is -0.467 e. The van der Waals surface area contributed by atoms with Crippen LogP contribution in [-0.4, -0.2) is 36.1 Å². The van der Waals surface area contributed by atoms with Crippen molar-refractivity contribution >= 4 is 11.9 Å². The van der Waals surface area contributed by atoms with Crippen LogP contribution >= 0.6 is 0 Å². The maximum absolute atomic E-state index is 13.4. The number of esters is 1. The fourth-order valence-electron chi connectivity index (χ4n) is 2.11. The van der Waals surface area contributed by atoms with Crippen LogP contribution in [-0.2, 0) is 20.7 Å². The van der Waals surface area contributed by atoms with Crippen molar-refractivity contribution < 1.29 is 32.0 Å². The van der Waals surface area contributed by atoms with Crippen molar-refractivity contribution in [3.8, 4) is 0 Å². The molecule has 1 heterocycles. The lowest BCUT2D eigenvalue weighted by Crippen LogP contribution is -2.37. The van der Waals surface area contributed by atoms with E-state index in [2.05, 4.69) is 14.4 Å². The summed E-state index contributed by atoms with van der Waals surface area (Å²) in [7, 11) is 2.31. The molecule has 128 valence electrons. The number of methoxy groups -OCH3 is 1. The molecule has 1 aromatic heterocycles. The fourth-order valence-corrected chi connectivity index (χ4v) is 2.11. The third-order valence-electron chi connectivity index (χ3n) is 3.35. The molecule has 2 rings (SSSR count). The van der Waals surface area contributed by atoms with Crippen molar-refractivity contribution in [1.29, 1.82) is 0 Å². The van der Waals surface area contributed by atoms with E-state index in [0.717, 1.165) is 12.0 Å². The van der Waals surface area contributed by atoms with Crippen molar-refractivity contribution in [2.24, 2.45) is 0 Å². The van der Waals surface area contributed by atoms with Crippen molar-refractivity contribution in [2.45, 2.75) is 12.5 Å². The van der Waals surface area contributed by atoms with Gasteiger partial charge in [-0.25, -0.2) is 18.0 Å². The molecule has 0 radical (unpaired) electrons. The molecule has 24 heavy (non-hydrogen) atoms. The predicted molar refractivity (Wildman–Crippen MR) is 74.1 cm³/mol. The van der Waals surface area contributed by atoms with Gasteiger partial charge in [0.25, 0.3) is 0 Å². The lowest BCUT2D eigenvalue weighted by atomic mass is 10.0. The molecule has 0 saturated carbocycles. The highest BCUT2D eigenvalue weighted by molar-refractivity contribution is 5.86. The maximum atomic E-state index is 13.4. The SMILES string of the molecule is COC(=O)[C@@H](c1cc(F)c(F)c(F)c1)N(C)C(=O)Cc1ccon1. The Morgan fingerprint density at radius 3 is 2.42 bits per heavy atom. The van der Waals surface area contributed by atoms with Gasteiger partial charge in [0.2, 0.25) is 5.91 Å². The molecule has 1 aromatic carbocycles. The molecule has 0 bridgehead atoms. The molecular weight excluding hydrogens is 329 g/mol. The number of nitrogens with zero attached hydrogens (tertiary/aromatic N) is 2. The van der Waals surface area contributed by atoms with Crippen LogP contribution in [0.1, 0.15) is 17.3 Å². The van der Waals surface area contributed by atoms with Gasteiger partial charge in [-0.1, -0.05) is 5.16 Å². The normalized spacial score (nSPS) is 11.9. The quantitative estimate of drug-likeness (QED) is 0.614. The summed E-state index contributed by atoms with van der Waals surface area (Å²) in [6.07, 6.45) is 1.07. The summed E-state index contributed by atoms with van der Waals surface area (Å²) in [5.74, 6) is -6.13. The third-order valence-corrected chi connectivity index (χ3v) is 3.35. The minimum absolute atomic E-state index is 0.202. The Balaban J connectivity index is 2.34. The number of hydrogen-bond donors (Lipinski definition) is 0. The smallest absolute Gasteiger partial charge is 0.333 e. The lowest BCUT2D eigenvalue weighted by Gasteiger charge is -2.26. The van der Waals surface area contributed by atoms with Crippen LogP contribution in [0.15, 0.2) is 29.0 Å². The van der Waals surface area contributed by atoms with Crippen LogP contribution in [0.25, 0.3) is 0 Å². The lowest BCUT2D eigenvalue weighted by molar-refractivity contribution is -0.152. The molecule has 1 atom stereocenters. The molecule has 0 fully saturated rings. The van der Waals surface area contributed by atoms with Crippen LogP contribution in [0.5, 0.6) is 0 Å². The first-order valence-electron chi connectivity index (χ1n) is 6.72. The van der Waals surface area contributed by atoms with E-state index >= 15 is 0 Å². The van der Waals surface area contributed by atoms with Gasteiger partial charge in [-0.05, 0) is 17.7 Å². The van der Waals surface area contributed by atoms with Gasteiger partial charge < -0.3 is 14.2 Å². The van der Waals surface area contributed by atoms with Crippen LogP contribution in [0, 0.1) is 17.5 Å². The molecule has 6 nitrogen and oxygen atoms in total. The zero-order valence-electron chi connectivity index (χ0n) is 12.8. The number of carbonyl (C=O) groups excluding carboxylic acids is 2. The van der Waals surface area contributed by atoms with E-state index in [9.17, 15) is 22.8 Å². The predicted octanol–water partition coefficient (Wildman–Crippen LogP) is 2.01. The number of carbonyl (C=O) groups is 2. The molecule has 1 amide bonds. The molecule has 0 spiro atoms. The summed E-state index contributed by atoms with van der Waals surface area (Å²) in [5, 5.41) is 3.57. The van der Waals surface area contributed by atoms with Crippen LogP contribution < -0.4 is 0 Å². The van der Waals surface area contributed by atoms with Crippen LogP contribution in [0.2, 0.25) is 0 Å². The maximum Gasteiger partial charge on any atom is 0.333 e. The molecule has 2 aromatic rings. The van der Waals surface area contributed by atoms with Gasteiger partial charge in [0.1, 0.15) is 6.26 Å². The number of ether oxygens (including phenoxy) is 1. The van der Waals surface area contributed by atoms with E-state index in [4.69, 9.17) is 0 Å². The van der Waals surface area contributed by atoms with Crippen LogP contribution in [0.4, 0.5) is 13.2 Å². The van der Waals surface area contributed by atoms with Crippen molar-refractivity contribution in [2.75, 3.05) is 14.2 Å². The van der Waals surface area contributed by atoms with Crippen LogP contribution in [0.3, 0.4) is 0 Å².